The molecule has 0 aromatic carbocycles. The van der Waals surface area contributed by atoms with Crippen LogP contribution in [0.2, 0.25) is 0 Å². The summed E-state index contributed by atoms with van der Waals surface area (Å²) in [7, 11) is 0. The maximum absolute atomic E-state index is 13.6. The molecule has 0 spiro atoms. The number of anilines is 2. The fourth-order valence-electron chi connectivity index (χ4n) is 1.72. The van der Waals surface area contributed by atoms with Crippen LogP contribution in [0.5, 0.6) is 0 Å². The van der Waals surface area contributed by atoms with E-state index in [0.29, 0.717) is 28.1 Å². The lowest BCUT2D eigenvalue weighted by Crippen LogP contribution is -2.18. The Morgan fingerprint density at radius 1 is 1.29 bits per heavy atom. The standard InChI is InChI=1S/C12H15FN4/c1-12(2,13)6-8-9(14)10(15)11-7(17-8)4-3-5-16-11/h3-5H,6,14H2,1-2H3,(H2,15,17). The number of rotatable bonds is 2. The molecule has 17 heavy (non-hydrogen) atoms. The van der Waals surface area contributed by atoms with Crippen molar-refractivity contribution in [2.75, 3.05) is 11.5 Å². The average molecular weight is 234 g/mol. The van der Waals surface area contributed by atoms with Crippen molar-refractivity contribution in [3.63, 3.8) is 0 Å². The fourth-order valence-corrected chi connectivity index (χ4v) is 1.72. The zero-order chi connectivity index (χ0) is 12.6. The van der Waals surface area contributed by atoms with Crippen molar-refractivity contribution in [1.82, 2.24) is 9.97 Å². The van der Waals surface area contributed by atoms with Gasteiger partial charge in [0.05, 0.1) is 22.6 Å². The molecule has 5 heteroatoms. The summed E-state index contributed by atoms with van der Waals surface area (Å²) in [6.07, 6.45) is 1.76. The van der Waals surface area contributed by atoms with Crippen LogP contribution in [0.1, 0.15) is 19.5 Å². The molecule has 0 radical (unpaired) electrons. The normalized spacial score (nSPS) is 11.9. The second kappa shape index (κ2) is 3.84. The van der Waals surface area contributed by atoms with E-state index in [-0.39, 0.29) is 6.42 Å². The molecule has 0 unspecified atom stereocenters. The zero-order valence-electron chi connectivity index (χ0n) is 9.87. The predicted octanol–water partition coefficient (Wildman–Crippen LogP) is 2.08. The average Bonchev–Trinajstić information content (AvgIpc) is 2.24. The van der Waals surface area contributed by atoms with Gasteiger partial charge in [-0.1, -0.05) is 0 Å². The maximum atomic E-state index is 13.6. The van der Waals surface area contributed by atoms with E-state index in [1.165, 1.54) is 13.8 Å². The molecule has 4 nitrogen and oxygen atoms in total. The van der Waals surface area contributed by atoms with Crippen molar-refractivity contribution >= 4 is 22.4 Å². The van der Waals surface area contributed by atoms with Gasteiger partial charge in [-0.15, -0.1) is 0 Å². The summed E-state index contributed by atoms with van der Waals surface area (Å²) < 4.78 is 13.6. The Kier molecular flexibility index (Phi) is 2.61. The molecule has 0 aliphatic heterocycles. The Labute approximate surface area is 98.9 Å². The van der Waals surface area contributed by atoms with E-state index in [4.69, 9.17) is 11.5 Å². The van der Waals surface area contributed by atoms with Crippen molar-refractivity contribution in [2.45, 2.75) is 25.9 Å². The van der Waals surface area contributed by atoms with Crippen molar-refractivity contribution in [2.24, 2.45) is 0 Å². The molecule has 0 bridgehead atoms. The molecule has 0 saturated heterocycles. The van der Waals surface area contributed by atoms with E-state index in [1.807, 2.05) is 0 Å². The van der Waals surface area contributed by atoms with Gasteiger partial charge >= 0.3 is 0 Å². The number of aromatic nitrogens is 2. The molecule has 2 aromatic rings. The first-order valence-corrected chi connectivity index (χ1v) is 5.36. The van der Waals surface area contributed by atoms with E-state index in [2.05, 4.69) is 9.97 Å². The van der Waals surface area contributed by atoms with Gasteiger partial charge in [-0.25, -0.2) is 9.37 Å². The summed E-state index contributed by atoms with van der Waals surface area (Å²) in [5.74, 6) is 0. The van der Waals surface area contributed by atoms with Crippen LogP contribution in [0.25, 0.3) is 11.0 Å². The molecular formula is C12H15FN4. The van der Waals surface area contributed by atoms with Crippen LogP contribution in [0, 0.1) is 0 Å². The molecule has 2 heterocycles. The first-order valence-electron chi connectivity index (χ1n) is 5.36. The van der Waals surface area contributed by atoms with Crippen LogP contribution in [0.4, 0.5) is 15.8 Å². The highest BCUT2D eigenvalue weighted by Crippen LogP contribution is 2.29. The van der Waals surface area contributed by atoms with Gasteiger partial charge in [-0.05, 0) is 26.0 Å². The quantitative estimate of drug-likeness (QED) is 0.834. The van der Waals surface area contributed by atoms with Crippen LogP contribution in [-0.4, -0.2) is 15.6 Å². The first-order chi connectivity index (χ1) is 7.88. The summed E-state index contributed by atoms with van der Waals surface area (Å²) in [5.41, 5.74) is 12.7. The summed E-state index contributed by atoms with van der Waals surface area (Å²) >= 11 is 0. The minimum Gasteiger partial charge on any atom is -0.396 e. The molecule has 0 saturated carbocycles. The Hall–Kier alpha value is -1.91. The SMILES string of the molecule is CC(C)(F)Cc1nc2cccnc2c(N)c1N. The van der Waals surface area contributed by atoms with E-state index in [0.717, 1.165) is 0 Å². The number of pyridine rings is 2. The fraction of sp³-hybridized carbons (Fsp3) is 0.333. The summed E-state index contributed by atoms with van der Waals surface area (Å²) in [4.78, 5) is 8.43. The van der Waals surface area contributed by atoms with E-state index in [9.17, 15) is 4.39 Å². The van der Waals surface area contributed by atoms with Crippen molar-refractivity contribution < 1.29 is 4.39 Å². The van der Waals surface area contributed by atoms with Crippen LogP contribution in [-0.2, 0) is 6.42 Å². The first kappa shape index (κ1) is 11.6. The Balaban J connectivity index is 2.62. The van der Waals surface area contributed by atoms with Gasteiger partial charge in [0.2, 0.25) is 0 Å². The third kappa shape index (κ3) is 2.27. The number of fused-ring (bicyclic) bond motifs is 1. The van der Waals surface area contributed by atoms with E-state index >= 15 is 0 Å². The second-order valence-electron chi connectivity index (χ2n) is 4.65. The van der Waals surface area contributed by atoms with Gasteiger partial charge in [-0.2, -0.15) is 0 Å². The van der Waals surface area contributed by atoms with Crippen LogP contribution in [0.3, 0.4) is 0 Å². The maximum Gasteiger partial charge on any atom is 0.114 e. The Morgan fingerprint density at radius 2 is 2.00 bits per heavy atom. The minimum absolute atomic E-state index is 0.133. The highest BCUT2D eigenvalue weighted by atomic mass is 19.1. The molecule has 0 fully saturated rings. The van der Waals surface area contributed by atoms with Gasteiger partial charge in [0.25, 0.3) is 0 Å². The molecule has 0 amide bonds. The van der Waals surface area contributed by atoms with Gasteiger partial charge in [0, 0.05) is 12.6 Å². The van der Waals surface area contributed by atoms with Gasteiger partial charge < -0.3 is 11.5 Å². The second-order valence-corrected chi connectivity index (χ2v) is 4.65. The lowest BCUT2D eigenvalue weighted by Gasteiger charge is -2.16. The van der Waals surface area contributed by atoms with Crippen LogP contribution in [0.15, 0.2) is 18.3 Å². The highest BCUT2D eigenvalue weighted by Gasteiger charge is 2.21. The Morgan fingerprint density at radius 3 is 2.65 bits per heavy atom. The number of alkyl halides is 1. The third-order valence-corrected chi connectivity index (χ3v) is 2.49. The molecule has 90 valence electrons. The van der Waals surface area contributed by atoms with Crippen LogP contribution < -0.4 is 11.5 Å². The molecule has 2 rings (SSSR count). The smallest absolute Gasteiger partial charge is 0.114 e. The minimum atomic E-state index is -1.37. The predicted molar refractivity (Wildman–Crippen MR) is 67.3 cm³/mol. The van der Waals surface area contributed by atoms with E-state index in [1.54, 1.807) is 18.3 Å². The Bertz CT molecular complexity index is 560. The highest BCUT2D eigenvalue weighted by molar-refractivity contribution is 5.93. The van der Waals surface area contributed by atoms with Crippen molar-refractivity contribution in [3.8, 4) is 0 Å². The summed E-state index contributed by atoms with van der Waals surface area (Å²) in [5, 5.41) is 0. The molecule has 2 aromatic heterocycles. The lowest BCUT2D eigenvalue weighted by atomic mass is 10.0. The third-order valence-electron chi connectivity index (χ3n) is 2.49. The largest absolute Gasteiger partial charge is 0.396 e. The van der Waals surface area contributed by atoms with Gasteiger partial charge in [0.1, 0.15) is 11.2 Å². The number of nitrogens with zero attached hydrogens (tertiary/aromatic N) is 2. The number of hydrogen-bond donors (Lipinski definition) is 2. The van der Waals surface area contributed by atoms with E-state index < -0.39 is 5.67 Å². The molecule has 4 N–H and O–H groups in total. The zero-order valence-corrected chi connectivity index (χ0v) is 9.87. The molecular weight excluding hydrogens is 219 g/mol. The summed E-state index contributed by atoms with van der Waals surface area (Å²) in [6.45, 7) is 2.97. The number of nitrogen functional groups attached to an aromatic ring is 2. The molecule has 0 aliphatic carbocycles. The van der Waals surface area contributed by atoms with Gasteiger partial charge in [0.15, 0.2) is 0 Å². The molecule has 0 atom stereocenters. The van der Waals surface area contributed by atoms with Crippen LogP contribution >= 0.6 is 0 Å². The number of hydrogen-bond acceptors (Lipinski definition) is 4. The van der Waals surface area contributed by atoms with Gasteiger partial charge in [-0.3, -0.25) is 4.98 Å². The topological polar surface area (TPSA) is 77.8 Å². The lowest BCUT2D eigenvalue weighted by molar-refractivity contribution is 0.216. The summed E-state index contributed by atoms with van der Waals surface area (Å²) in [6, 6.07) is 3.54. The van der Waals surface area contributed by atoms with Crippen molar-refractivity contribution in [1.29, 1.82) is 0 Å². The monoisotopic (exact) mass is 234 g/mol. The van der Waals surface area contributed by atoms with Crippen molar-refractivity contribution in [3.05, 3.63) is 24.0 Å². The molecule has 0 aliphatic rings. The number of halogens is 1. The number of nitrogens with two attached hydrogens (primary N) is 2.